The lowest BCUT2D eigenvalue weighted by molar-refractivity contribution is 0.398. The molecule has 0 fully saturated rings. The van der Waals surface area contributed by atoms with Crippen molar-refractivity contribution >= 4 is 0 Å². The molecule has 0 radical (unpaired) electrons. The van der Waals surface area contributed by atoms with E-state index in [0.29, 0.717) is 0 Å². The smallest absolute Gasteiger partial charge is 0.00249 e. The van der Waals surface area contributed by atoms with Gasteiger partial charge in [-0.05, 0) is 33.6 Å². The summed E-state index contributed by atoms with van der Waals surface area (Å²) < 4.78 is 0. The number of hydrogen-bond donors (Lipinski definition) is 1. The van der Waals surface area contributed by atoms with Crippen molar-refractivity contribution in [3.63, 3.8) is 0 Å². The zero-order valence-electron chi connectivity index (χ0n) is 9.85. The molecule has 0 rings (SSSR count). The van der Waals surface area contributed by atoms with Crippen LogP contribution in [-0.2, 0) is 0 Å². The third kappa shape index (κ3) is 51.4. The van der Waals surface area contributed by atoms with Gasteiger partial charge >= 0.3 is 0 Å². The predicted octanol–water partition coefficient (Wildman–Crippen LogP) is 2.34. The maximum Gasteiger partial charge on any atom is -0.00249 e. The highest BCUT2D eigenvalue weighted by molar-refractivity contribution is 4.39. The van der Waals surface area contributed by atoms with Crippen LogP contribution in [0, 0.1) is 0 Å². The largest absolute Gasteiger partial charge is 0.331 e. The van der Waals surface area contributed by atoms with Crippen LogP contribution in [0.2, 0.25) is 0 Å². The summed E-state index contributed by atoms with van der Waals surface area (Å²) in [7, 11) is 4.21. The molecule has 2 nitrogen and oxygen atoms in total. The van der Waals surface area contributed by atoms with Crippen LogP contribution >= 0.6 is 0 Å². The van der Waals surface area contributed by atoms with Gasteiger partial charge in [0.25, 0.3) is 0 Å². The van der Waals surface area contributed by atoms with E-state index in [1.165, 1.54) is 19.4 Å². The van der Waals surface area contributed by atoms with Gasteiger partial charge in [0.05, 0.1) is 0 Å². The average molecular weight is 176 g/mol. The summed E-state index contributed by atoms with van der Waals surface area (Å²) in [5.74, 6) is 0. The van der Waals surface area contributed by atoms with Crippen LogP contribution in [0.25, 0.3) is 0 Å². The molecule has 2 N–H and O–H groups in total. The normalized spacial score (nSPS) is 8.00. The Balaban J connectivity index is -0.000000137. The molecule has 0 saturated heterocycles. The molecule has 0 heterocycles. The van der Waals surface area contributed by atoms with Gasteiger partial charge in [-0.2, -0.15) is 0 Å². The monoisotopic (exact) mass is 176 g/mol. The highest BCUT2D eigenvalue weighted by Gasteiger charge is 1.83. The Bertz CT molecular complexity index is 45.1. The van der Waals surface area contributed by atoms with Crippen LogP contribution in [0.4, 0.5) is 0 Å². The second-order valence-corrected chi connectivity index (χ2v) is 2.57. The minimum Gasteiger partial charge on any atom is -0.331 e. The van der Waals surface area contributed by atoms with Gasteiger partial charge in [-0.25, -0.2) is 0 Å². The Morgan fingerprint density at radius 1 is 1.08 bits per heavy atom. The molecular weight excluding hydrogens is 148 g/mol. The first-order valence-electron chi connectivity index (χ1n) is 5.03. The van der Waals surface area contributed by atoms with E-state index in [4.69, 9.17) is 5.73 Å². The van der Waals surface area contributed by atoms with Gasteiger partial charge in [-0.1, -0.05) is 34.1 Å². The average Bonchev–Trinajstić information content (AvgIpc) is 2.06. The summed E-state index contributed by atoms with van der Waals surface area (Å²) in [5.41, 5.74) is 4.85. The van der Waals surface area contributed by atoms with Gasteiger partial charge in [0.2, 0.25) is 0 Å². The van der Waals surface area contributed by atoms with Crippen LogP contribution in [0.1, 0.15) is 40.5 Å². The van der Waals surface area contributed by atoms with E-state index in [1.54, 1.807) is 0 Å². The van der Waals surface area contributed by atoms with Crippen molar-refractivity contribution in [3.8, 4) is 0 Å². The van der Waals surface area contributed by atoms with Crippen molar-refractivity contribution in [1.29, 1.82) is 0 Å². The zero-order valence-corrected chi connectivity index (χ0v) is 9.85. The molecule has 0 saturated carbocycles. The highest BCUT2D eigenvalue weighted by Crippen LogP contribution is 1.86. The van der Waals surface area contributed by atoms with E-state index in [1.807, 2.05) is 20.8 Å². The lowest BCUT2D eigenvalue weighted by Gasteiger charge is -2.05. The van der Waals surface area contributed by atoms with E-state index >= 15 is 0 Å². The molecule has 0 aromatic rings. The summed E-state index contributed by atoms with van der Waals surface area (Å²) in [6, 6.07) is 0. The fourth-order valence-electron chi connectivity index (χ4n) is 0.474. The molecule has 0 aliphatic rings. The number of hydrogen-bond acceptors (Lipinski definition) is 2. The van der Waals surface area contributed by atoms with Gasteiger partial charge in [-0.15, -0.1) is 0 Å². The van der Waals surface area contributed by atoms with E-state index in [2.05, 4.69) is 25.9 Å². The van der Waals surface area contributed by atoms with E-state index in [0.717, 1.165) is 6.54 Å². The standard InChI is InChI=1S/C6H15N.C2H7N.C2H6/c1-4-5-6-7(2)3;1-2-3;1-2/h4-6H2,1-3H3;2-3H2,1H3;1-2H3. The predicted molar refractivity (Wildman–Crippen MR) is 59.5 cm³/mol. The molecule has 12 heavy (non-hydrogen) atoms. The third-order valence-electron chi connectivity index (χ3n) is 0.959. The van der Waals surface area contributed by atoms with Crippen LogP contribution in [0.3, 0.4) is 0 Å². The maximum atomic E-state index is 4.85. The molecule has 0 unspecified atom stereocenters. The van der Waals surface area contributed by atoms with Crippen molar-refractivity contribution in [1.82, 2.24) is 4.90 Å². The quantitative estimate of drug-likeness (QED) is 0.715. The van der Waals surface area contributed by atoms with E-state index in [9.17, 15) is 0 Å². The number of unbranched alkanes of at least 4 members (excludes halogenated alkanes) is 1. The fourth-order valence-corrected chi connectivity index (χ4v) is 0.474. The van der Waals surface area contributed by atoms with Crippen LogP contribution in [-0.4, -0.2) is 32.1 Å². The Morgan fingerprint density at radius 3 is 1.50 bits per heavy atom. The summed E-state index contributed by atoms with van der Waals surface area (Å²) in [6.07, 6.45) is 2.63. The molecule has 0 aromatic heterocycles. The third-order valence-corrected chi connectivity index (χ3v) is 0.959. The first-order chi connectivity index (χ1) is 5.68. The maximum absolute atomic E-state index is 4.85. The lowest BCUT2D eigenvalue weighted by atomic mass is 10.3. The van der Waals surface area contributed by atoms with Gasteiger partial charge in [0.15, 0.2) is 0 Å². The fraction of sp³-hybridized carbons (Fsp3) is 1.00. The van der Waals surface area contributed by atoms with Gasteiger partial charge in [0.1, 0.15) is 0 Å². The minimum absolute atomic E-state index is 0.750. The van der Waals surface area contributed by atoms with Gasteiger partial charge in [-0.3, -0.25) is 0 Å². The van der Waals surface area contributed by atoms with Crippen molar-refractivity contribution in [2.24, 2.45) is 5.73 Å². The Kier molecular flexibility index (Phi) is 33.4. The SMILES string of the molecule is CC.CCCCN(C)C.CCN. The molecule has 78 valence electrons. The number of nitrogens with two attached hydrogens (primary N) is 1. The van der Waals surface area contributed by atoms with Crippen LogP contribution in [0.5, 0.6) is 0 Å². The second-order valence-electron chi connectivity index (χ2n) is 2.57. The summed E-state index contributed by atoms with van der Waals surface area (Å²) in [5, 5.41) is 0. The molecule has 0 spiro atoms. The highest BCUT2D eigenvalue weighted by atomic mass is 15.0. The van der Waals surface area contributed by atoms with Crippen molar-refractivity contribution in [2.45, 2.75) is 40.5 Å². The van der Waals surface area contributed by atoms with Crippen LogP contribution in [0.15, 0.2) is 0 Å². The van der Waals surface area contributed by atoms with E-state index < -0.39 is 0 Å². The van der Waals surface area contributed by atoms with Gasteiger partial charge in [0, 0.05) is 0 Å². The number of rotatable bonds is 3. The van der Waals surface area contributed by atoms with E-state index in [-0.39, 0.29) is 0 Å². The topological polar surface area (TPSA) is 29.3 Å². The molecule has 0 aromatic carbocycles. The summed E-state index contributed by atoms with van der Waals surface area (Å²) in [4.78, 5) is 2.21. The zero-order chi connectivity index (χ0) is 10.4. The molecule has 2 heteroatoms. The molecule has 0 aliphatic carbocycles. The Morgan fingerprint density at radius 2 is 1.42 bits per heavy atom. The van der Waals surface area contributed by atoms with Crippen molar-refractivity contribution < 1.29 is 0 Å². The van der Waals surface area contributed by atoms with Crippen LogP contribution < -0.4 is 5.73 Å². The lowest BCUT2D eigenvalue weighted by Crippen LogP contribution is -2.12. The first-order valence-corrected chi connectivity index (χ1v) is 5.03. The molecule has 0 aliphatic heterocycles. The second kappa shape index (κ2) is 22.4. The molecular formula is C10H28N2. The van der Waals surface area contributed by atoms with Gasteiger partial charge < -0.3 is 10.6 Å². The number of nitrogens with zero attached hydrogens (tertiary/aromatic N) is 1. The molecule has 0 amide bonds. The Labute approximate surface area is 79.1 Å². The minimum atomic E-state index is 0.750. The summed E-state index contributed by atoms with van der Waals surface area (Å²) in [6.45, 7) is 10.1. The van der Waals surface area contributed by atoms with Crippen molar-refractivity contribution in [2.75, 3.05) is 27.2 Å². The van der Waals surface area contributed by atoms with Crippen molar-refractivity contribution in [3.05, 3.63) is 0 Å². The molecule has 0 atom stereocenters. The Hall–Kier alpha value is -0.0800. The first kappa shape index (κ1) is 17.9. The summed E-state index contributed by atoms with van der Waals surface area (Å²) >= 11 is 0. The molecule has 0 bridgehead atoms.